The second-order valence-electron chi connectivity index (χ2n) is 7.12. The van der Waals surface area contributed by atoms with Crippen LogP contribution in [0.3, 0.4) is 0 Å². The van der Waals surface area contributed by atoms with Crippen molar-refractivity contribution in [3.8, 4) is 0 Å². The van der Waals surface area contributed by atoms with Crippen molar-refractivity contribution in [2.75, 3.05) is 6.61 Å². The number of fused-ring (bicyclic) bond motifs is 2. The van der Waals surface area contributed by atoms with Crippen molar-refractivity contribution >= 4 is 22.7 Å². The number of carbonyl (C=O) groups is 1. The molecule has 0 saturated carbocycles. The molecule has 1 aliphatic rings. The Morgan fingerprint density at radius 2 is 2.25 bits per heavy atom. The predicted octanol–water partition coefficient (Wildman–Crippen LogP) is 0.315. The van der Waals surface area contributed by atoms with E-state index in [4.69, 9.17) is 4.74 Å². The van der Waals surface area contributed by atoms with Crippen molar-refractivity contribution in [1.29, 1.82) is 0 Å². The van der Waals surface area contributed by atoms with Crippen LogP contribution in [0.5, 0.6) is 0 Å². The summed E-state index contributed by atoms with van der Waals surface area (Å²) >= 11 is 0. The fourth-order valence-corrected chi connectivity index (χ4v) is 3.61. The summed E-state index contributed by atoms with van der Waals surface area (Å²) < 4.78 is 8.65. The number of hydrogen-bond acceptors (Lipinski definition) is 7. The Morgan fingerprint density at radius 1 is 1.43 bits per heavy atom. The van der Waals surface area contributed by atoms with Gasteiger partial charge in [0.05, 0.1) is 30.9 Å². The summed E-state index contributed by atoms with van der Waals surface area (Å²) in [4.78, 5) is 36.6. The highest BCUT2D eigenvalue weighted by molar-refractivity contribution is 5.81. The number of carbonyl (C=O) groups excluding carboxylic acids is 1. The maximum atomic E-state index is 13.0. The molecule has 3 aromatic heterocycles. The van der Waals surface area contributed by atoms with Crippen molar-refractivity contribution in [3.63, 3.8) is 0 Å². The molecule has 0 radical (unpaired) electrons. The summed E-state index contributed by atoms with van der Waals surface area (Å²) in [5.41, 5.74) is 0.776. The van der Waals surface area contributed by atoms with Crippen LogP contribution in [-0.2, 0) is 16.0 Å². The molecule has 3 atom stereocenters. The van der Waals surface area contributed by atoms with E-state index in [1.165, 1.54) is 16.9 Å². The molecule has 0 aromatic carbocycles. The van der Waals surface area contributed by atoms with Gasteiger partial charge in [-0.1, -0.05) is 13.3 Å². The summed E-state index contributed by atoms with van der Waals surface area (Å²) in [6.07, 6.45) is 3.62. The first-order valence-electron chi connectivity index (χ1n) is 9.44. The highest BCUT2D eigenvalue weighted by Crippen LogP contribution is 2.30. The zero-order valence-electron chi connectivity index (χ0n) is 15.5. The largest absolute Gasteiger partial charge is 0.394 e. The lowest BCUT2D eigenvalue weighted by Gasteiger charge is -2.13. The van der Waals surface area contributed by atoms with Crippen LogP contribution in [0.25, 0.3) is 16.9 Å². The number of imidazole rings is 2. The van der Waals surface area contributed by atoms with E-state index in [0.29, 0.717) is 23.5 Å². The third-order valence-corrected chi connectivity index (χ3v) is 5.15. The quantitative estimate of drug-likeness (QED) is 0.529. The molecule has 1 fully saturated rings. The van der Waals surface area contributed by atoms with Gasteiger partial charge in [0.25, 0.3) is 5.56 Å². The molecule has 150 valence electrons. The normalized spacial score (nSPS) is 22.5. The van der Waals surface area contributed by atoms with Gasteiger partial charge < -0.3 is 19.9 Å². The number of ketones is 1. The van der Waals surface area contributed by atoms with Gasteiger partial charge in [0.2, 0.25) is 5.78 Å². The van der Waals surface area contributed by atoms with E-state index < -0.39 is 18.4 Å². The summed E-state index contributed by atoms with van der Waals surface area (Å²) in [5, 5.41) is 19.2. The first kappa shape index (κ1) is 18.8. The Morgan fingerprint density at radius 3 is 2.96 bits per heavy atom. The van der Waals surface area contributed by atoms with Crippen molar-refractivity contribution < 1.29 is 19.7 Å². The fraction of sp³-hybridized carbons (Fsp3) is 0.556. The number of aliphatic hydroxyl groups excluding tert-OH is 2. The number of hydrogen-bond donors (Lipinski definition) is 3. The maximum absolute atomic E-state index is 13.0. The SMILES string of the molecule is CCCCC(=O)Cc1cnc2[nH]c3c(ncn3[C@H]3C[C@H](O)[C@@H](CO)O3)c(=O)n12. The minimum atomic E-state index is -0.796. The summed E-state index contributed by atoms with van der Waals surface area (Å²) in [5.74, 6) is 0.381. The number of nitrogens with one attached hydrogen (secondary N) is 1. The Labute approximate surface area is 159 Å². The number of ether oxygens (including phenoxy) is 1. The van der Waals surface area contributed by atoms with E-state index in [1.54, 1.807) is 4.57 Å². The summed E-state index contributed by atoms with van der Waals surface area (Å²) in [7, 11) is 0. The van der Waals surface area contributed by atoms with Crippen molar-refractivity contribution in [2.45, 2.75) is 57.5 Å². The number of H-pyrrole nitrogens is 1. The molecule has 3 aromatic rings. The zero-order valence-corrected chi connectivity index (χ0v) is 15.5. The lowest BCUT2D eigenvalue weighted by molar-refractivity contribution is -0.118. The van der Waals surface area contributed by atoms with Crippen LogP contribution in [0.2, 0.25) is 0 Å². The van der Waals surface area contributed by atoms with Gasteiger partial charge >= 0.3 is 0 Å². The fourth-order valence-electron chi connectivity index (χ4n) is 3.61. The van der Waals surface area contributed by atoms with Crippen LogP contribution >= 0.6 is 0 Å². The third-order valence-electron chi connectivity index (χ3n) is 5.15. The molecule has 10 heteroatoms. The average molecular weight is 389 g/mol. The number of Topliss-reactive ketones (excluding diaryl/α,β-unsaturated/α-hetero) is 1. The number of aromatic nitrogens is 5. The topological polar surface area (TPSA) is 135 Å². The molecule has 0 aliphatic carbocycles. The molecule has 0 bridgehead atoms. The molecular formula is C18H23N5O5. The number of nitrogens with zero attached hydrogens (tertiary/aromatic N) is 4. The second-order valence-corrected chi connectivity index (χ2v) is 7.12. The molecule has 0 unspecified atom stereocenters. The van der Waals surface area contributed by atoms with Crippen LogP contribution in [0.15, 0.2) is 17.3 Å². The van der Waals surface area contributed by atoms with E-state index in [2.05, 4.69) is 15.0 Å². The molecule has 0 spiro atoms. The van der Waals surface area contributed by atoms with E-state index in [0.717, 1.165) is 12.8 Å². The van der Waals surface area contributed by atoms with Gasteiger partial charge in [0.15, 0.2) is 5.52 Å². The van der Waals surface area contributed by atoms with E-state index in [9.17, 15) is 19.8 Å². The molecule has 3 N–H and O–H groups in total. The smallest absolute Gasteiger partial charge is 0.287 e. The molecule has 4 rings (SSSR count). The minimum absolute atomic E-state index is 0.0667. The van der Waals surface area contributed by atoms with Crippen molar-refractivity contribution in [3.05, 3.63) is 28.6 Å². The van der Waals surface area contributed by atoms with Crippen molar-refractivity contribution in [2.24, 2.45) is 0 Å². The minimum Gasteiger partial charge on any atom is -0.394 e. The van der Waals surface area contributed by atoms with E-state index in [1.807, 2.05) is 6.92 Å². The zero-order chi connectivity index (χ0) is 19.8. The average Bonchev–Trinajstić information content (AvgIpc) is 3.37. The second kappa shape index (κ2) is 7.46. The molecule has 4 heterocycles. The van der Waals surface area contributed by atoms with Gasteiger partial charge in [-0.2, -0.15) is 0 Å². The summed E-state index contributed by atoms with van der Waals surface area (Å²) in [6, 6.07) is 0. The maximum Gasteiger partial charge on any atom is 0.287 e. The first-order valence-corrected chi connectivity index (χ1v) is 9.44. The van der Waals surface area contributed by atoms with Crippen LogP contribution in [0, 0.1) is 0 Å². The summed E-state index contributed by atoms with van der Waals surface area (Å²) in [6.45, 7) is 1.73. The van der Waals surface area contributed by atoms with Gasteiger partial charge in [-0.15, -0.1) is 0 Å². The molecule has 10 nitrogen and oxygen atoms in total. The Hall–Kier alpha value is -2.56. The Bertz CT molecular complexity index is 1070. The molecule has 1 saturated heterocycles. The predicted molar refractivity (Wildman–Crippen MR) is 99.0 cm³/mol. The van der Waals surface area contributed by atoms with Crippen LogP contribution in [0.4, 0.5) is 0 Å². The van der Waals surface area contributed by atoms with Crippen molar-refractivity contribution in [1.82, 2.24) is 23.9 Å². The van der Waals surface area contributed by atoms with Gasteiger partial charge in [-0.05, 0) is 6.42 Å². The van der Waals surface area contributed by atoms with Crippen LogP contribution < -0.4 is 5.56 Å². The first-order chi connectivity index (χ1) is 13.5. The van der Waals surface area contributed by atoms with Gasteiger partial charge in [0.1, 0.15) is 23.8 Å². The molecular weight excluding hydrogens is 366 g/mol. The number of aliphatic hydroxyl groups is 2. The number of rotatable bonds is 7. The highest BCUT2D eigenvalue weighted by atomic mass is 16.5. The lowest BCUT2D eigenvalue weighted by Crippen LogP contribution is -2.24. The van der Waals surface area contributed by atoms with Crippen LogP contribution in [-0.4, -0.2) is 58.7 Å². The van der Waals surface area contributed by atoms with Gasteiger partial charge in [-0.25, -0.2) is 14.4 Å². The van der Waals surface area contributed by atoms with E-state index in [-0.39, 0.29) is 36.3 Å². The Balaban J connectivity index is 1.71. The van der Waals surface area contributed by atoms with Gasteiger partial charge in [0, 0.05) is 19.3 Å². The third kappa shape index (κ3) is 3.13. The standard InChI is InChI=1S/C18H23N5O5/c1-2-3-4-11(25)5-10-7-19-18-21-16-15(17(27)23(10)18)20-9-22(16)14-6-12(26)13(8-24)28-14/h7,9,12-14,24,26H,2-6,8H2,1H3,(H,19,21)/t12-,13+,14+/m0/s1. The van der Waals surface area contributed by atoms with Gasteiger partial charge in [-0.3, -0.25) is 14.2 Å². The molecule has 0 amide bonds. The van der Waals surface area contributed by atoms with Crippen LogP contribution in [0.1, 0.15) is 44.5 Å². The number of unbranched alkanes of at least 4 members (excludes halogenated alkanes) is 1. The molecule has 28 heavy (non-hydrogen) atoms. The van der Waals surface area contributed by atoms with E-state index >= 15 is 0 Å². The monoisotopic (exact) mass is 389 g/mol. The number of aromatic amines is 1. The molecule has 1 aliphatic heterocycles. The lowest BCUT2D eigenvalue weighted by atomic mass is 10.1. The Kier molecular flexibility index (Phi) is 5.00. The highest BCUT2D eigenvalue weighted by Gasteiger charge is 2.35.